The van der Waals surface area contributed by atoms with Crippen LogP contribution in [0.4, 0.5) is 61.5 Å². The van der Waals surface area contributed by atoms with Crippen LogP contribution in [-0.2, 0) is 35.8 Å². The minimum Gasteiger partial charge on any atom is -0.326 e. The Balaban J connectivity index is 2.40. The molecule has 2 amide bonds. The van der Waals surface area contributed by atoms with Crippen LogP contribution in [0.25, 0.3) is 0 Å². The molecular formula is C20H8F14N2O2. The molecule has 2 aromatic rings. The van der Waals surface area contributed by atoms with Gasteiger partial charge >= 0.3 is 24.2 Å². The van der Waals surface area contributed by atoms with Crippen LogP contribution >= 0.6 is 0 Å². The fourth-order valence-electron chi connectivity index (χ4n) is 3.52. The fourth-order valence-corrected chi connectivity index (χ4v) is 3.52. The van der Waals surface area contributed by atoms with E-state index in [0.717, 1.165) is 0 Å². The maximum absolute atomic E-state index is 14.6. The molecule has 0 N–H and O–H groups in total. The van der Waals surface area contributed by atoms with Gasteiger partial charge in [-0.3, -0.25) is 9.59 Å². The van der Waals surface area contributed by atoms with E-state index < -0.39 is 129 Å². The zero-order chi connectivity index (χ0) is 29.1. The highest BCUT2D eigenvalue weighted by Gasteiger charge is 2.46. The first kappa shape index (κ1) is 29.0. The zero-order valence-electron chi connectivity index (χ0n) is 17.8. The lowest BCUT2D eigenvalue weighted by atomic mass is 10.0. The van der Waals surface area contributed by atoms with E-state index in [1.54, 1.807) is 0 Å². The smallest absolute Gasteiger partial charge is 0.326 e. The Morgan fingerprint density at radius 3 is 0.711 bits per heavy atom. The normalized spacial score (nSPS) is 14.8. The number of halogens is 14. The van der Waals surface area contributed by atoms with Gasteiger partial charge in [0.05, 0.1) is 26.2 Å². The highest BCUT2D eigenvalue weighted by atomic mass is 19.4. The van der Waals surface area contributed by atoms with Crippen LogP contribution in [0.3, 0.4) is 0 Å². The Bertz CT molecular complexity index is 1100. The van der Waals surface area contributed by atoms with Gasteiger partial charge in [0.2, 0.25) is 0 Å². The van der Waals surface area contributed by atoms with Crippen LogP contribution in [-0.4, -0.2) is 34.0 Å². The first-order valence-electron chi connectivity index (χ1n) is 9.68. The number of alkyl halides is 6. The highest BCUT2D eigenvalue weighted by Crippen LogP contribution is 2.34. The van der Waals surface area contributed by atoms with Gasteiger partial charge in [0.15, 0.2) is 46.5 Å². The van der Waals surface area contributed by atoms with Crippen LogP contribution in [0.15, 0.2) is 0 Å². The van der Waals surface area contributed by atoms with Crippen molar-refractivity contribution in [2.24, 2.45) is 0 Å². The topological polar surface area (TPSA) is 40.6 Å². The van der Waals surface area contributed by atoms with E-state index in [2.05, 4.69) is 0 Å². The molecular weight excluding hydrogens is 566 g/mol. The summed E-state index contributed by atoms with van der Waals surface area (Å²) in [6, 6.07) is 0. The number of carbonyl (C=O) groups is 2. The summed E-state index contributed by atoms with van der Waals surface area (Å²) in [5.74, 6) is -26.5. The highest BCUT2D eigenvalue weighted by molar-refractivity contribution is 5.82. The second-order valence-corrected chi connectivity index (χ2v) is 7.74. The molecule has 0 saturated carbocycles. The van der Waals surface area contributed by atoms with Gasteiger partial charge in [-0.2, -0.15) is 26.3 Å². The molecule has 6 rings (SSSR count). The largest absolute Gasteiger partial charge is 0.471 e. The molecule has 4 aliphatic heterocycles. The Kier molecular flexibility index (Phi) is 7.33. The molecule has 0 saturated heterocycles. The molecule has 4 heterocycles. The average Bonchev–Trinajstić information content (AvgIpc) is 2.82. The molecule has 38 heavy (non-hydrogen) atoms. The molecule has 2 aromatic carbocycles. The van der Waals surface area contributed by atoms with E-state index in [1.807, 2.05) is 0 Å². The number of benzene rings is 2. The lowest BCUT2D eigenvalue weighted by Gasteiger charge is -2.28. The van der Waals surface area contributed by atoms with Crippen molar-refractivity contribution >= 4 is 11.8 Å². The molecule has 0 atom stereocenters. The van der Waals surface area contributed by atoms with Gasteiger partial charge < -0.3 is 9.80 Å². The third-order valence-corrected chi connectivity index (χ3v) is 5.35. The van der Waals surface area contributed by atoms with Crippen molar-refractivity contribution in [3.63, 3.8) is 0 Å². The number of carbonyl (C=O) groups excluding carboxylic acids is 2. The maximum Gasteiger partial charge on any atom is 0.471 e. The van der Waals surface area contributed by atoms with Gasteiger partial charge in [0.1, 0.15) is 0 Å². The van der Waals surface area contributed by atoms with Crippen molar-refractivity contribution in [1.82, 2.24) is 9.80 Å². The summed E-state index contributed by atoms with van der Waals surface area (Å²) in [5.41, 5.74) is -8.04. The first-order chi connectivity index (χ1) is 17.3. The van der Waals surface area contributed by atoms with Crippen LogP contribution in [0.5, 0.6) is 0 Å². The van der Waals surface area contributed by atoms with Gasteiger partial charge in [-0.15, -0.1) is 0 Å². The summed E-state index contributed by atoms with van der Waals surface area (Å²) in [5, 5.41) is 0. The van der Waals surface area contributed by atoms with E-state index >= 15 is 0 Å². The van der Waals surface area contributed by atoms with Crippen molar-refractivity contribution in [2.45, 2.75) is 38.5 Å². The van der Waals surface area contributed by atoms with Crippen molar-refractivity contribution in [1.29, 1.82) is 0 Å². The van der Waals surface area contributed by atoms with Crippen molar-refractivity contribution < 1.29 is 71.1 Å². The van der Waals surface area contributed by atoms with Crippen molar-refractivity contribution in [3.8, 4) is 0 Å². The minimum atomic E-state index is -5.95. The summed E-state index contributed by atoms with van der Waals surface area (Å²) in [6.07, 6.45) is -11.9. The van der Waals surface area contributed by atoms with E-state index in [-0.39, 0.29) is 0 Å². The van der Waals surface area contributed by atoms with Crippen molar-refractivity contribution in [3.05, 3.63) is 68.8 Å². The summed E-state index contributed by atoms with van der Waals surface area (Å²) in [7, 11) is 0. The second-order valence-electron chi connectivity index (χ2n) is 7.74. The second kappa shape index (κ2) is 9.61. The molecule has 4 aliphatic rings. The summed E-state index contributed by atoms with van der Waals surface area (Å²) in [6.45, 7) is -8.50. The summed E-state index contributed by atoms with van der Waals surface area (Å²) >= 11 is 0. The van der Waals surface area contributed by atoms with Gasteiger partial charge in [-0.25, -0.2) is 35.1 Å². The van der Waals surface area contributed by atoms with Crippen molar-refractivity contribution in [2.75, 3.05) is 0 Å². The molecule has 208 valence electrons. The zero-order valence-corrected chi connectivity index (χ0v) is 17.8. The number of hydrogen-bond acceptors (Lipinski definition) is 2. The maximum atomic E-state index is 14.6. The average molecular weight is 574 g/mol. The van der Waals surface area contributed by atoms with E-state index in [0.29, 0.717) is 0 Å². The molecule has 4 nitrogen and oxygen atoms in total. The van der Waals surface area contributed by atoms with Crippen LogP contribution in [0, 0.1) is 46.5 Å². The quantitative estimate of drug-likeness (QED) is 0.317. The van der Waals surface area contributed by atoms with Gasteiger partial charge in [-0.05, 0) is 0 Å². The SMILES string of the molecule is O=C(N1Cc2c(F)c(F)c(c(F)c2F)CN(C(=O)C(F)(F)F)Cc2c(F)c(F)c(c(F)c2F)C1)C(F)(F)F. The molecule has 0 fully saturated rings. The van der Waals surface area contributed by atoms with Gasteiger partial charge in [0, 0.05) is 22.3 Å². The van der Waals surface area contributed by atoms with Gasteiger partial charge in [0.25, 0.3) is 0 Å². The van der Waals surface area contributed by atoms with Crippen LogP contribution < -0.4 is 0 Å². The third-order valence-electron chi connectivity index (χ3n) is 5.35. The van der Waals surface area contributed by atoms with E-state index in [9.17, 15) is 71.1 Å². The molecule has 0 aromatic heterocycles. The van der Waals surface area contributed by atoms with E-state index in [1.165, 1.54) is 0 Å². The predicted octanol–water partition coefficient (Wildman–Crippen LogP) is 5.30. The predicted molar refractivity (Wildman–Crippen MR) is 93.2 cm³/mol. The number of amides is 2. The van der Waals surface area contributed by atoms with E-state index in [4.69, 9.17) is 0 Å². The number of rotatable bonds is 0. The molecule has 0 spiro atoms. The minimum absolute atomic E-state index is 0.828. The molecule has 0 aliphatic carbocycles. The van der Waals surface area contributed by atoms with Crippen LogP contribution in [0.1, 0.15) is 22.3 Å². The number of nitrogens with zero attached hydrogens (tertiary/aromatic N) is 2. The third kappa shape index (κ3) is 4.94. The Morgan fingerprint density at radius 1 is 0.421 bits per heavy atom. The number of hydrogen-bond donors (Lipinski definition) is 0. The Labute approximate surface area is 201 Å². The Morgan fingerprint density at radius 2 is 0.579 bits per heavy atom. The molecule has 4 bridgehead atoms. The molecule has 0 unspecified atom stereocenters. The Hall–Kier alpha value is -3.60. The summed E-state index contributed by atoms with van der Waals surface area (Å²) in [4.78, 5) is 21.9. The lowest BCUT2D eigenvalue weighted by Crippen LogP contribution is -2.42. The molecule has 18 heteroatoms. The monoisotopic (exact) mass is 574 g/mol. The standard InChI is InChI=1S/C20H8F14N2O2/c21-9-5-1-35(17(37)19(29,30)31)2-6-13(25)15(27)8(16(28)14(6)26)4-36(18(38)20(32,33)34)3-7(11(9)23)12(24)10(5)22/h1-4H2. The van der Waals surface area contributed by atoms with Crippen LogP contribution in [0.2, 0.25) is 0 Å². The summed E-state index contributed by atoms with van der Waals surface area (Å²) < 4.78 is 195. The first-order valence-corrected chi connectivity index (χ1v) is 9.68. The van der Waals surface area contributed by atoms with Gasteiger partial charge in [-0.1, -0.05) is 0 Å². The fraction of sp³-hybridized carbons (Fsp3) is 0.300. The molecule has 0 radical (unpaired) electrons. The lowest BCUT2D eigenvalue weighted by molar-refractivity contribution is -0.187.